The summed E-state index contributed by atoms with van der Waals surface area (Å²) in [5.74, 6) is -1.26. The highest BCUT2D eigenvalue weighted by Gasteiger charge is 2.59. The molecule has 0 amide bonds. The van der Waals surface area contributed by atoms with Gasteiger partial charge in [0.1, 0.15) is 35.5 Å². The highest BCUT2D eigenvalue weighted by Crippen LogP contribution is 2.48. The number of fused-ring (bicyclic) bond motifs is 2. The predicted octanol–water partition coefficient (Wildman–Crippen LogP) is 3.41. The predicted molar refractivity (Wildman–Crippen MR) is 96.0 cm³/mol. The Morgan fingerprint density at radius 2 is 1.73 bits per heavy atom. The van der Waals surface area contributed by atoms with Crippen molar-refractivity contribution in [2.24, 2.45) is 0 Å². The van der Waals surface area contributed by atoms with E-state index in [1.165, 1.54) is 0 Å². The Bertz CT molecular complexity index is 801. The van der Waals surface area contributed by atoms with E-state index in [0.29, 0.717) is 6.61 Å². The van der Waals surface area contributed by atoms with Crippen molar-refractivity contribution < 1.29 is 23.7 Å². The van der Waals surface area contributed by atoms with Gasteiger partial charge >= 0.3 is 0 Å². The lowest BCUT2D eigenvalue weighted by Gasteiger charge is -2.26. The molecule has 140 valence electrons. The Labute approximate surface area is 156 Å². The fourth-order valence-corrected chi connectivity index (χ4v) is 5.06. The van der Waals surface area contributed by atoms with Gasteiger partial charge in [-0.3, -0.25) is 0 Å². The van der Waals surface area contributed by atoms with Crippen molar-refractivity contribution in [3.05, 3.63) is 29.3 Å². The molecule has 0 unspecified atom stereocenters. The van der Waals surface area contributed by atoms with Crippen LogP contribution in [0.1, 0.15) is 38.8 Å². The zero-order valence-electron chi connectivity index (χ0n) is 15.3. The number of thiazole rings is 1. The molecule has 0 spiro atoms. The molecule has 6 nitrogen and oxygen atoms in total. The standard InChI is InChI=1S/C19H23NO5S/c1-18(2)21-9-11(23-18)13-14-15(25-19(3,4)24-14)16(22-13)17-20-10-7-5-6-8-12(10)26-17/h5-8,11,13-16H,9H2,1-4H3/t11-,13-,14+,15+,16+/m1/s1. The van der Waals surface area contributed by atoms with Gasteiger partial charge in [-0.25, -0.2) is 4.98 Å². The Morgan fingerprint density at radius 3 is 2.46 bits per heavy atom. The van der Waals surface area contributed by atoms with Crippen LogP contribution in [-0.2, 0) is 23.7 Å². The van der Waals surface area contributed by atoms with E-state index in [4.69, 9.17) is 28.7 Å². The average Bonchev–Trinajstić information content (AvgIpc) is 3.27. The van der Waals surface area contributed by atoms with Gasteiger partial charge < -0.3 is 23.7 Å². The molecule has 0 N–H and O–H groups in total. The van der Waals surface area contributed by atoms with Crippen LogP contribution < -0.4 is 0 Å². The summed E-state index contributed by atoms with van der Waals surface area (Å²) in [4.78, 5) is 4.78. The molecule has 0 aliphatic carbocycles. The quantitative estimate of drug-likeness (QED) is 0.799. The van der Waals surface area contributed by atoms with Crippen molar-refractivity contribution >= 4 is 21.6 Å². The summed E-state index contributed by atoms with van der Waals surface area (Å²) in [6, 6.07) is 8.12. The maximum absolute atomic E-state index is 6.41. The van der Waals surface area contributed by atoms with Crippen LogP contribution in [0.3, 0.4) is 0 Å². The lowest BCUT2D eigenvalue weighted by Crippen LogP contribution is -2.40. The van der Waals surface area contributed by atoms with Gasteiger partial charge in [-0.1, -0.05) is 12.1 Å². The summed E-state index contributed by atoms with van der Waals surface area (Å²) >= 11 is 1.64. The van der Waals surface area contributed by atoms with E-state index in [-0.39, 0.29) is 30.5 Å². The molecule has 3 aliphatic rings. The number of nitrogens with zero attached hydrogens (tertiary/aromatic N) is 1. The topological polar surface area (TPSA) is 59.0 Å². The fraction of sp³-hybridized carbons (Fsp3) is 0.632. The SMILES string of the molecule is CC1(C)O[C@@H]2[C@H](O1)[C@@H](c1nc3ccccc3s1)O[C@@H]2[C@H]1COC(C)(C)O1. The second-order valence-corrected chi connectivity index (χ2v) is 9.04. The number of rotatable bonds is 2. The van der Waals surface area contributed by atoms with Gasteiger partial charge in [-0.05, 0) is 39.8 Å². The van der Waals surface area contributed by atoms with E-state index >= 15 is 0 Å². The minimum absolute atomic E-state index is 0.186. The van der Waals surface area contributed by atoms with Gasteiger partial charge in [0.25, 0.3) is 0 Å². The molecule has 1 aromatic carbocycles. The Hall–Kier alpha value is -1.09. The highest BCUT2D eigenvalue weighted by atomic mass is 32.1. The maximum atomic E-state index is 6.41. The van der Waals surface area contributed by atoms with Crippen LogP contribution in [0.5, 0.6) is 0 Å². The fourth-order valence-electron chi connectivity index (χ4n) is 4.02. The number of hydrogen-bond acceptors (Lipinski definition) is 7. The molecule has 3 fully saturated rings. The zero-order valence-corrected chi connectivity index (χ0v) is 16.1. The average molecular weight is 377 g/mol. The van der Waals surface area contributed by atoms with Crippen molar-refractivity contribution in [1.82, 2.24) is 4.98 Å². The lowest BCUT2D eigenvalue weighted by molar-refractivity contribution is -0.207. The number of aromatic nitrogens is 1. The summed E-state index contributed by atoms with van der Waals surface area (Å²) < 4.78 is 31.7. The molecular formula is C19H23NO5S. The molecule has 26 heavy (non-hydrogen) atoms. The van der Waals surface area contributed by atoms with Gasteiger partial charge in [0, 0.05) is 0 Å². The van der Waals surface area contributed by atoms with Crippen molar-refractivity contribution in [2.45, 2.75) is 69.8 Å². The molecule has 3 aliphatic heterocycles. The van der Waals surface area contributed by atoms with E-state index in [1.54, 1.807) is 11.3 Å². The Balaban J connectivity index is 1.48. The summed E-state index contributed by atoms with van der Waals surface area (Å²) in [5.41, 5.74) is 0.982. The summed E-state index contributed by atoms with van der Waals surface area (Å²) in [6.45, 7) is 8.19. The Kier molecular flexibility index (Phi) is 3.74. The second kappa shape index (κ2) is 5.70. The van der Waals surface area contributed by atoms with Crippen LogP contribution in [0.25, 0.3) is 10.2 Å². The molecule has 2 aromatic rings. The first-order valence-corrected chi connectivity index (χ1v) is 9.81. The summed E-state index contributed by atoms with van der Waals surface area (Å²) in [5, 5.41) is 0.920. The van der Waals surface area contributed by atoms with Crippen LogP contribution >= 0.6 is 11.3 Å². The first-order chi connectivity index (χ1) is 12.3. The third-order valence-corrected chi connectivity index (χ3v) is 6.14. The van der Waals surface area contributed by atoms with Crippen molar-refractivity contribution in [3.8, 4) is 0 Å². The second-order valence-electron chi connectivity index (χ2n) is 7.97. The third kappa shape index (κ3) is 2.78. The van der Waals surface area contributed by atoms with Crippen LogP contribution in [-0.4, -0.2) is 47.6 Å². The van der Waals surface area contributed by atoms with Crippen molar-refractivity contribution in [1.29, 1.82) is 0 Å². The summed E-state index contributed by atoms with van der Waals surface area (Å²) in [6.07, 6.45) is -1.11. The molecule has 4 heterocycles. The molecule has 1 aromatic heterocycles. The minimum atomic E-state index is -0.652. The molecule has 7 heteroatoms. The lowest BCUT2D eigenvalue weighted by atomic mass is 10.0. The van der Waals surface area contributed by atoms with E-state index < -0.39 is 11.6 Å². The van der Waals surface area contributed by atoms with Gasteiger partial charge in [-0.2, -0.15) is 0 Å². The van der Waals surface area contributed by atoms with Crippen molar-refractivity contribution in [2.75, 3.05) is 6.61 Å². The van der Waals surface area contributed by atoms with E-state index in [2.05, 4.69) is 6.07 Å². The molecular weight excluding hydrogens is 354 g/mol. The smallest absolute Gasteiger partial charge is 0.164 e. The zero-order chi connectivity index (χ0) is 18.1. The van der Waals surface area contributed by atoms with E-state index in [0.717, 1.165) is 15.2 Å². The largest absolute Gasteiger partial charge is 0.359 e. The maximum Gasteiger partial charge on any atom is 0.164 e. The number of para-hydroxylation sites is 1. The first-order valence-electron chi connectivity index (χ1n) is 9.00. The summed E-state index contributed by atoms with van der Waals surface area (Å²) in [7, 11) is 0. The molecule has 5 rings (SSSR count). The van der Waals surface area contributed by atoms with Crippen LogP contribution in [0.2, 0.25) is 0 Å². The normalized spacial score (nSPS) is 38.1. The monoisotopic (exact) mass is 377 g/mol. The van der Waals surface area contributed by atoms with Crippen LogP contribution in [0, 0.1) is 0 Å². The third-order valence-electron chi connectivity index (χ3n) is 5.04. The number of benzene rings is 1. The van der Waals surface area contributed by atoms with Gasteiger partial charge in [0.15, 0.2) is 11.6 Å². The number of hydrogen-bond donors (Lipinski definition) is 0. The van der Waals surface area contributed by atoms with Crippen LogP contribution in [0.4, 0.5) is 0 Å². The van der Waals surface area contributed by atoms with Crippen LogP contribution in [0.15, 0.2) is 24.3 Å². The Morgan fingerprint density at radius 1 is 0.962 bits per heavy atom. The van der Waals surface area contributed by atoms with E-state index in [9.17, 15) is 0 Å². The number of ether oxygens (including phenoxy) is 5. The van der Waals surface area contributed by atoms with Gasteiger partial charge in [0.2, 0.25) is 0 Å². The van der Waals surface area contributed by atoms with Gasteiger partial charge in [0.05, 0.1) is 16.8 Å². The van der Waals surface area contributed by atoms with Gasteiger partial charge in [-0.15, -0.1) is 11.3 Å². The molecule has 0 bridgehead atoms. The minimum Gasteiger partial charge on any atom is -0.359 e. The molecule has 3 saturated heterocycles. The highest BCUT2D eigenvalue weighted by molar-refractivity contribution is 7.18. The van der Waals surface area contributed by atoms with Crippen molar-refractivity contribution in [3.63, 3.8) is 0 Å². The first kappa shape index (κ1) is 17.0. The molecule has 5 atom stereocenters. The molecule has 0 saturated carbocycles. The molecule has 0 radical (unpaired) electrons. The van der Waals surface area contributed by atoms with E-state index in [1.807, 2.05) is 45.9 Å².